The summed E-state index contributed by atoms with van der Waals surface area (Å²) in [5.41, 5.74) is 0. The zero-order valence-electron chi connectivity index (χ0n) is 16.8. The Hall–Kier alpha value is -4.17. The smallest absolute Gasteiger partial charge is 0.208 e. The fourth-order valence-corrected chi connectivity index (χ4v) is 2.78. The van der Waals surface area contributed by atoms with E-state index in [2.05, 4.69) is 94.7 Å². The van der Waals surface area contributed by atoms with Gasteiger partial charge in [0.05, 0.1) is 20.1 Å². The van der Waals surface area contributed by atoms with Crippen LogP contribution in [0.2, 0.25) is 0 Å². The second-order valence-electron chi connectivity index (χ2n) is 6.58. The Morgan fingerprint density at radius 2 is 1.27 bits per heavy atom. The fourth-order valence-electron chi connectivity index (χ4n) is 2.78. The van der Waals surface area contributed by atoms with Gasteiger partial charge in [-0.3, -0.25) is 4.84 Å². The van der Waals surface area contributed by atoms with Crippen molar-refractivity contribution in [3.8, 4) is 94.7 Å². The van der Waals surface area contributed by atoms with Crippen molar-refractivity contribution in [3.63, 3.8) is 0 Å². The van der Waals surface area contributed by atoms with Gasteiger partial charge in [-0.15, -0.1) is 5.06 Å². The monoisotopic (exact) mass is 392 g/mol. The van der Waals surface area contributed by atoms with Crippen LogP contribution < -0.4 is 5.11 Å². The summed E-state index contributed by atoms with van der Waals surface area (Å²) in [7, 11) is 3.64. The van der Waals surface area contributed by atoms with Gasteiger partial charge in [0.15, 0.2) is 6.04 Å². The van der Waals surface area contributed by atoms with Crippen molar-refractivity contribution in [1.82, 2.24) is 5.06 Å². The van der Waals surface area contributed by atoms with Crippen LogP contribution in [0, 0.1) is 94.7 Å². The van der Waals surface area contributed by atoms with Crippen LogP contribution in [-0.4, -0.2) is 54.5 Å². The van der Waals surface area contributed by atoms with Crippen LogP contribution in [0.4, 0.5) is 0 Å². The third-order valence-electron chi connectivity index (χ3n) is 4.10. The van der Waals surface area contributed by atoms with Gasteiger partial charge in [0, 0.05) is 6.42 Å². The molecular formula is C25H16N2O3. The van der Waals surface area contributed by atoms with Gasteiger partial charge in [0.2, 0.25) is 6.23 Å². The lowest BCUT2D eigenvalue weighted by atomic mass is 10.1. The maximum absolute atomic E-state index is 11.1. The Morgan fingerprint density at radius 1 is 0.867 bits per heavy atom. The van der Waals surface area contributed by atoms with Crippen LogP contribution in [-0.2, 0) is 9.63 Å². The number of rotatable bonds is 6. The topological polar surface area (TPSA) is 55.7 Å². The summed E-state index contributed by atoms with van der Waals surface area (Å²) in [6, 6.07) is -0.701. The number of likely N-dealkylation sites (N-methyl/N-ethyl adjacent to an activating group) is 1. The van der Waals surface area contributed by atoms with Crippen LogP contribution in [0.3, 0.4) is 0 Å². The highest BCUT2D eigenvalue weighted by Gasteiger charge is 2.52. The van der Waals surface area contributed by atoms with Crippen molar-refractivity contribution in [2.45, 2.75) is 31.7 Å². The molecule has 3 atom stereocenters. The molecule has 2 rings (SSSR count). The van der Waals surface area contributed by atoms with Crippen molar-refractivity contribution in [2.24, 2.45) is 0 Å². The Bertz CT molecular complexity index is 1140. The van der Waals surface area contributed by atoms with E-state index >= 15 is 0 Å². The van der Waals surface area contributed by atoms with E-state index < -0.39 is 12.0 Å². The summed E-state index contributed by atoms with van der Waals surface area (Å²) in [6.07, 6.45) is 0.361. The standard InChI is InChI=1S/C25H16N2O3/c1-4-23(27(2,3)21-24(28)29)25-26(30-25)22-19-17-15-13-11-9-7-5-6-8-10-12-14-16-18-20-22/h22-23,25H,4,21H2,1-3H3. The summed E-state index contributed by atoms with van der Waals surface area (Å²) in [5.74, 6) is 40.8. The average Bonchev–Trinajstić information content (AvgIpc) is 3.44. The number of carboxylic acids is 1. The van der Waals surface area contributed by atoms with E-state index in [-0.39, 0.29) is 23.3 Å². The highest BCUT2D eigenvalue weighted by atomic mass is 16.8. The summed E-state index contributed by atoms with van der Waals surface area (Å²) >= 11 is 0. The molecule has 0 aromatic carbocycles. The minimum Gasteiger partial charge on any atom is -0.544 e. The van der Waals surface area contributed by atoms with E-state index in [9.17, 15) is 9.90 Å². The molecule has 0 radical (unpaired) electrons. The molecule has 0 aromatic rings. The van der Waals surface area contributed by atoms with E-state index in [0.717, 1.165) is 0 Å². The van der Waals surface area contributed by atoms with E-state index in [1.54, 1.807) is 5.06 Å². The molecular weight excluding hydrogens is 376 g/mol. The number of quaternary nitrogens is 1. The molecule has 3 unspecified atom stereocenters. The van der Waals surface area contributed by atoms with Crippen molar-refractivity contribution in [3.05, 3.63) is 0 Å². The molecule has 1 heterocycles. The van der Waals surface area contributed by atoms with Gasteiger partial charge in [-0.2, -0.15) is 0 Å². The fraction of sp³-hybridized carbons (Fsp3) is 0.320. The first-order valence-electron chi connectivity index (χ1n) is 8.94. The largest absolute Gasteiger partial charge is 0.544 e. The lowest BCUT2D eigenvalue weighted by Crippen LogP contribution is -2.57. The highest BCUT2D eigenvalue weighted by Crippen LogP contribution is 2.32. The minimum absolute atomic E-state index is 0.110. The molecule has 0 bridgehead atoms. The SMILES string of the molecule is CCC(C1ON1C1C#CC#CC#CC#CC#CC#CC#CC#C1)[N+](C)(C)CC(=O)[O-]. The third kappa shape index (κ3) is 7.10. The molecule has 0 aromatic heterocycles. The highest BCUT2D eigenvalue weighted by molar-refractivity contribution is 5.65. The first-order chi connectivity index (χ1) is 14.5. The molecule has 5 nitrogen and oxygen atoms in total. The molecule has 0 amide bonds. The van der Waals surface area contributed by atoms with Crippen molar-refractivity contribution < 1.29 is 19.2 Å². The number of carboxylic acid groups (broad SMARTS) is 1. The Labute approximate surface area is 177 Å². The van der Waals surface area contributed by atoms with Gasteiger partial charge in [0.1, 0.15) is 12.6 Å². The number of hydrogen-bond acceptors (Lipinski definition) is 4. The lowest BCUT2D eigenvalue weighted by Gasteiger charge is -2.36. The first kappa shape index (κ1) is 22.1. The van der Waals surface area contributed by atoms with Crippen LogP contribution >= 0.6 is 0 Å². The molecule has 5 heteroatoms. The number of hydroxylamine groups is 2. The van der Waals surface area contributed by atoms with Crippen molar-refractivity contribution in [1.29, 1.82) is 0 Å². The van der Waals surface area contributed by atoms with Crippen molar-refractivity contribution in [2.75, 3.05) is 20.6 Å². The average molecular weight is 392 g/mol. The Morgan fingerprint density at radius 3 is 1.63 bits per heavy atom. The Kier molecular flexibility index (Phi) is 8.10. The molecule has 0 N–H and O–H groups in total. The van der Waals surface area contributed by atoms with Gasteiger partial charge in [-0.05, 0) is 82.9 Å². The van der Waals surface area contributed by atoms with Gasteiger partial charge >= 0.3 is 0 Å². The van der Waals surface area contributed by atoms with Gasteiger partial charge in [-0.1, -0.05) is 18.8 Å². The lowest BCUT2D eigenvalue weighted by molar-refractivity contribution is -0.910. The van der Waals surface area contributed by atoms with Crippen molar-refractivity contribution >= 4 is 5.97 Å². The van der Waals surface area contributed by atoms with Crippen LogP contribution in [0.5, 0.6) is 0 Å². The molecule has 1 aliphatic heterocycles. The van der Waals surface area contributed by atoms with Crippen LogP contribution in [0.1, 0.15) is 13.3 Å². The molecule has 1 aliphatic carbocycles. The predicted molar refractivity (Wildman–Crippen MR) is 109 cm³/mol. The van der Waals surface area contributed by atoms with Crippen LogP contribution in [0.15, 0.2) is 0 Å². The zero-order valence-corrected chi connectivity index (χ0v) is 16.8. The maximum atomic E-state index is 11.1. The summed E-state index contributed by atoms with van der Waals surface area (Å²) in [6.45, 7) is 1.84. The summed E-state index contributed by atoms with van der Waals surface area (Å²) < 4.78 is 0.209. The predicted octanol–water partition coefficient (Wildman–Crippen LogP) is -1.43. The summed E-state index contributed by atoms with van der Waals surface area (Å²) in [4.78, 5) is 16.8. The number of nitrogens with zero attached hydrogens (tertiary/aromatic N) is 2. The summed E-state index contributed by atoms with van der Waals surface area (Å²) in [5, 5.41) is 12.7. The molecule has 2 aliphatic rings. The minimum atomic E-state index is -1.12. The van der Waals surface area contributed by atoms with Gasteiger partial charge < -0.3 is 14.4 Å². The van der Waals surface area contributed by atoms with Gasteiger partial charge in [0.25, 0.3) is 0 Å². The second kappa shape index (κ2) is 11.0. The zero-order chi connectivity index (χ0) is 21.8. The molecule has 144 valence electrons. The number of hydrogen-bond donors (Lipinski definition) is 0. The molecule has 1 saturated heterocycles. The van der Waals surface area contributed by atoms with E-state index in [1.807, 2.05) is 21.0 Å². The quantitative estimate of drug-likeness (QED) is 0.316. The van der Waals surface area contributed by atoms with Gasteiger partial charge in [-0.25, -0.2) is 0 Å². The first-order valence-corrected chi connectivity index (χ1v) is 8.94. The van der Waals surface area contributed by atoms with E-state index in [0.29, 0.717) is 6.42 Å². The normalized spacial score (nSPS) is 19.3. The number of carbonyl (C=O) groups is 1. The van der Waals surface area contributed by atoms with Crippen LogP contribution in [0.25, 0.3) is 0 Å². The third-order valence-corrected chi connectivity index (χ3v) is 4.10. The molecule has 1 fully saturated rings. The second-order valence-corrected chi connectivity index (χ2v) is 6.58. The van der Waals surface area contributed by atoms with E-state index in [4.69, 9.17) is 4.84 Å². The molecule has 0 spiro atoms. The van der Waals surface area contributed by atoms with E-state index in [1.165, 1.54) is 0 Å². The maximum Gasteiger partial charge on any atom is 0.208 e. The number of aliphatic carboxylic acids is 1. The molecule has 0 saturated carbocycles. The molecule has 30 heavy (non-hydrogen) atoms. The number of carbonyl (C=O) groups excluding carboxylic acids is 1. The Balaban J connectivity index is 2.27.